The molecule has 4 amide bonds. The minimum Gasteiger partial charge on any atom is -0.309 e. The first kappa shape index (κ1) is 21.7. The monoisotopic (exact) mass is 455 g/mol. The van der Waals surface area contributed by atoms with Gasteiger partial charge in [0, 0.05) is 13.1 Å². The van der Waals surface area contributed by atoms with Gasteiger partial charge in [0.05, 0.1) is 12.3 Å². The van der Waals surface area contributed by atoms with Crippen LogP contribution in [0.5, 0.6) is 0 Å². The van der Waals surface area contributed by atoms with E-state index in [0.29, 0.717) is 17.9 Å². The second kappa shape index (κ2) is 7.67. The minimum absolute atomic E-state index is 0.00483. The van der Waals surface area contributed by atoms with E-state index in [9.17, 15) is 31.2 Å². The molecule has 14 nitrogen and oxygen atoms in total. The van der Waals surface area contributed by atoms with Crippen molar-refractivity contribution in [2.75, 3.05) is 19.3 Å². The molecule has 3 atom stereocenters. The van der Waals surface area contributed by atoms with Crippen molar-refractivity contribution in [2.24, 2.45) is 0 Å². The molecule has 0 aliphatic carbocycles. The fourth-order valence-corrected chi connectivity index (χ4v) is 5.31. The zero-order valence-electron chi connectivity index (χ0n) is 15.3. The molecule has 2 unspecified atom stereocenters. The Balaban J connectivity index is 1.59. The van der Waals surface area contributed by atoms with Gasteiger partial charge < -0.3 is 4.90 Å². The highest BCUT2D eigenvalue weighted by Gasteiger charge is 2.49. The molecule has 0 spiro atoms. The molecule has 3 aliphatic rings. The number of rotatable bonds is 5. The lowest BCUT2D eigenvalue weighted by atomic mass is 10.0. The Bertz CT molecular complexity index is 921. The maximum atomic E-state index is 12.4. The van der Waals surface area contributed by atoms with E-state index < -0.39 is 56.4 Å². The van der Waals surface area contributed by atoms with E-state index in [4.69, 9.17) is 4.55 Å². The van der Waals surface area contributed by atoms with Crippen LogP contribution in [0.3, 0.4) is 0 Å². The molecule has 0 aromatic carbocycles. The van der Waals surface area contributed by atoms with Crippen LogP contribution in [0.2, 0.25) is 0 Å². The first-order valence-corrected chi connectivity index (χ1v) is 11.9. The van der Waals surface area contributed by atoms with Gasteiger partial charge in [0.1, 0.15) is 12.1 Å². The largest absolute Gasteiger partial charge is 0.418 e. The average molecular weight is 455 g/mol. The molecule has 3 saturated heterocycles. The summed E-state index contributed by atoms with van der Waals surface area (Å²) >= 11 is 0. The summed E-state index contributed by atoms with van der Waals surface area (Å²) in [5.41, 5.74) is 4.37. The van der Waals surface area contributed by atoms with Crippen LogP contribution in [-0.4, -0.2) is 91.0 Å². The van der Waals surface area contributed by atoms with Crippen LogP contribution in [0.1, 0.15) is 25.7 Å². The summed E-state index contributed by atoms with van der Waals surface area (Å²) in [6, 6.07) is -3.49. The Kier molecular flexibility index (Phi) is 5.74. The van der Waals surface area contributed by atoms with Crippen LogP contribution in [-0.2, 0) is 34.3 Å². The highest BCUT2D eigenvalue weighted by atomic mass is 32.3. The van der Waals surface area contributed by atoms with Gasteiger partial charge in [-0.1, -0.05) is 0 Å². The fourth-order valence-electron chi connectivity index (χ4n) is 3.79. The number of nitrogens with one attached hydrogen (secondary N) is 2. The summed E-state index contributed by atoms with van der Waals surface area (Å²) in [6.07, 6.45) is 2.22. The summed E-state index contributed by atoms with van der Waals surface area (Å²) in [5.74, 6) is -1.41. The van der Waals surface area contributed by atoms with Gasteiger partial charge in [0.2, 0.25) is 10.0 Å². The quantitative estimate of drug-likeness (QED) is 0.299. The standard InChI is InChI=1S/C13H21N5O9S2/c1-28(22,23)17-6-2-3-10(17)12(20)15-14-11(19)9-5-4-8-7-16(9)13(21)18(8)27-29(24,25)26/h8-10H,2-7H2,1H3,(H,14,19)(H,15,20)(H,24,25,26)/t8?,9?,10-/m0/s1. The zero-order valence-corrected chi connectivity index (χ0v) is 17.0. The molecule has 0 radical (unpaired) electrons. The van der Waals surface area contributed by atoms with Crippen molar-refractivity contribution >= 4 is 38.3 Å². The summed E-state index contributed by atoms with van der Waals surface area (Å²) < 4.78 is 59.3. The third-order valence-corrected chi connectivity index (χ3v) is 6.68. The van der Waals surface area contributed by atoms with Gasteiger partial charge in [-0.3, -0.25) is 25.0 Å². The van der Waals surface area contributed by atoms with Crippen LogP contribution in [0.4, 0.5) is 4.79 Å². The third-order valence-electron chi connectivity index (χ3n) is 5.04. The smallest absolute Gasteiger partial charge is 0.309 e. The molecule has 3 fully saturated rings. The Morgan fingerprint density at radius 3 is 2.28 bits per heavy atom. The van der Waals surface area contributed by atoms with Crippen molar-refractivity contribution in [3.63, 3.8) is 0 Å². The maximum absolute atomic E-state index is 12.4. The number of piperidine rings is 1. The number of fused-ring (bicyclic) bond motifs is 2. The van der Waals surface area contributed by atoms with Crippen LogP contribution in [0.25, 0.3) is 0 Å². The molecule has 3 heterocycles. The molecule has 0 aromatic heterocycles. The molecule has 29 heavy (non-hydrogen) atoms. The van der Waals surface area contributed by atoms with E-state index in [-0.39, 0.29) is 25.9 Å². The van der Waals surface area contributed by atoms with Gasteiger partial charge in [-0.15, -0.1) is 4.28 Å². The SMILES string of the molecule is CS(=O)(=O)N1CCC[C@H]1C(=O)NNC(=O)C1CCC2CN1C(=O)N2OS(=O)(=O)O. The zero-order chi connectivity index (χ0) is 21.6. The van der Waals surface area contributed by atoms with E-state index in [1.807, 2.05) is 0 Å². The van der Waals surface area contributed by atoms with Gasteiger partial charge >= 0.3 is 16.4 Å². The first-order valence-electron chi connectivity index (χ1n) is 8.72. The second-order valence-corrected chi connectivity index (χ2v) is 9.96. The number of nitrogens with zero attached hydrogens (tertiary/aromatic N) is 3. The highest BCUT2D eigenvalue weighted by molar-refractivity contribution is 7.88. The number of hydrogen-bond donors (Lipinski definition) is 3. The molecule has 16 heteroatoms. The molecule has 0 aromatic rings. The van der Waals surface area contributed by atoms with Gasteiger partial charge in [-0.25, -0.2) is 13.2 Å². The Morgan fingerprint density at radius 1 is 1.07 bits per heavy atom. The predicted molar refractivity (Wildman–Crippen MR) is 94.2 cm³/mol. The molecule has 3 N–H and O–H groups in total. The maximum Gasteiger partial charge on any atom is 0.418 e. The highest BCUT2D eigenvalue weighted by Crippen LogP contribution is 2.30. The molecule has 0 saturated carbocycles. The van der Waals surface area contributed by atoms with Crippen LogP contribution >= 0.6 is 0 Å². The molecular weight excluding hydrogens is 434 g/mol. The van der Waals surface area contributed by atoms with Crippen molar-refractivity contribution in [2.45, 2.75) is 43.8 Å². The number of sulfonamides is 1. The summed E-state index contributed by atoms with van der Waals surface area (Å²) in [6.45, 7) is 0.214. The topological polar surface area (TPSA) is 183 Å². The molecule has 164 valence electrons. The summed E-state index contributed by atoms with van der Waals surface area (Å²) in [4.78, 5) is 38.1. The van der Waals surface area contributed by atoms with Crippen molar-refractivity contribution in [3.8, 4) is 0 Å². The van der Waals surface area contributed by atoms with Crippen LogP contribution in [0, 0.1) is 0 Å². The number of hydrazine groups is 1. The Labute approximate surface area is 167 Å². The molecular formula is C13H21N5O9S2. The van der Waals surface area contributed by atoms with E-state index >= 15 is 0 Å². The molecule has 3 aliphatic heterocycles. The van der Waals surface area contributed by atoms with E-state index in [2.05, 4.69) is 15.1 Å². The van der Waals surface area contributed by atoms with Gasteiger partial charge in [-0.2, -0.15) is 17.8 Å². The fraction of sp³-hybridized carbons (Fsp3) is 0.769. The average Bonchev–Trinajstić information content (AvgIpc) is 3.19. The lowest BCUT2D eigenvalue weighted by molar-refractivity contribution is -0.133. The van der Waals surface area contributed by atoms with Gasteiger partial charge in [-0.05, 0) is 25.7 Å². The summed E-state index contributed by atoms with van der Waals surface area (Å²) in [5, 5.41) is 0.504. The number of hydroxylamine groups is 2. The number of carbonyl (C=O) groups is 3. The van der Waals surface area contributed by atoms with Crippen molar-refractivity contribution in [3.05, 3.63) is 0 Å². The van der Waals surface area contributed by atoms with E-state index in [1.54, 1.807) is 0 Å². The molecule has 2 bridgehead atoms. The number of amides is 4. The van der Waals surface area contributed by atoms with E-state index in [1.165, 1.54) is 0 Å². The van der Waals surface area contributed by atoms with Crippen molar-refractivity contribution in [1.82, 2.24) is 25.1 Å². The van der Waals surface area contributed by atoms with Crippen LogP contribution < -0.4 is 10.9 Å². The molecule has 3 rings (SSSR count). The van der Waals surface area contributed by atoms with E-state index in [0.717, 1.165) is 15.5 Å². The van der Waals surface area contributed by atoms with Crippen molar-refractivity contribution < 1.29 is 40.1 Å². The van der Waals surface area contributed by atoms with Gasteiger partial charge in [0.15, 0.2) is 0 Å². The predicted octanol–water partition coefficient (Wildman–Crippen LogP) is -2.44. The lowest BCUT2D eigenvalue weighted by Gasteiger charge is -2.29. The minimum atomic E-state index is -4.90. The second-order valence-electron chi connectivity index (χ2n) is 7.02. The number of urea groups is 1. The normalized spacial score (nSPS) is 27.9. The Morgan fingerprint density at radius 2 is 1.69 bits per heavy atom. The Hall–Kier alpha value is -2.01. The first-order chi connectivity index (χ1) is 13.4. The lowest BCUT2D eigenvalue weighted by Crippen LogP contribution is -2.57. The van der Waals surface area contributed by atoms with Crippen molar-refractivity contribution in [1.29, 1.82) is 0 Å². The van der Waals surface area contributed by atoms with Gasteiger partial charge in [0.25, 0.3) is 11.8 Å². The number of hydrogen-bond acceptors (Lipinski definition) is 8. The summed E-state index contributed by atoms with van der Waals surface area (Å²) in [7, 11) is -8.47. The van der Waals surface area contributed by atoms with Crippen LogP contribution in [0.15, 0.2) is 0 Å². The third kappa shape index (κ3) is 4.61. The number of carbonyl (C=O) groups excluding carboxylic acids is 3.